The molecule has 1 aromatic rings. The van der Waals surface area contributed by atoms with E-state index in [1.54, 1.807) is 11.3 Å². The standard InChI is InChI=1S/C11H18N2S/c1-4-5-6-7-10(12-3)11-9(2)13-8-14-11/h4,8,10,12H,1,5-7H2,2-3H3. The minimum Gasteiger partial charge on any atom is -0.312 e. The van der Waals surface area contributed by atoms with Crippen molar-refractivity contribution in [3.63, 3.8) is 0 Å². The molecule has 0 aliphatic rings. The minimum absolute atomic E-state index is 0.461. The van der Waals surface area contributed by atoms with Gasteiger partial charge < -0.3 is 5.32 Å². The zero-order chi connectivity index (χ0) is 10.4. The van der Waals surface area contributed by atoms with Crippen LogP contribution in [0.25, 0.3) is 0 Å². The highest BCUT2D eigenvalue weighted by atomic mass is 32.1. The van der Waals surface area contributed by atoms with Crippen LogP contribution in [-0.4, -0.2) is 12.0 Å². The maximum Gasteiger partial charge on any atom is 0.0798 e. The van der Waals surface area contributed by atoms with Crippen molar-refractivity contribution in [2.24, 2.45) is 0 Å². The molecule has 0 fully saturated rings. The molecule has 1 unspecified atom stereocenters. The summed E-state index contributed by atoms with van der Waals surface area (Å²) in [6.45, 7) is 5.81. The number of thiazole rings is 1. The fraction of sp³-hybridized carbons (Fsp3) is 0.545. The summed E-state index contributed by atoms with van der Waals surface area (Å²) in [5.41, 5.74) is 3.08. The average molecular weight is 210 g/mol. The molecule has 14 heavy (non-hydrogen) atoms. The van der Waals surface area contributed by atoms with Crippen LogP contribution in [0.3, 0.4) is 0 Å². The molecule has 3 heteroatoms. The highest BCUT2D eigenvalue weighted by molar-refractivity contribution is 7.09. The average Bonchev–Trinajstić information content (AvgIpc) is 2.60. The zero-order valence-electron chi connectivity index (χ0n) is 8.92. The van der Waals surface area contributed by atoms with Gasteiger partial charge in [0, 0.05) is 10.9 Å². The van der Waals surface area contributed by atoms with Crippen molar-refractivity contribution in [3.8, 4) is 0 Å². The Morgan fingerprint density at radius 2 is 2.50 bits per heavy atom. The smallest absolute Gasteiger partial charge is 0.0798 e. The van der Waals surface area contributed by atoms with Crippen LogP contribution < -0.4 is 5.32 Å². The number of hydrogen-bond donors (Lipinski definition) is 1. The molecular formula is C11H18N2S. The summed E-state index contributed by atoms with van der Waals surface area (Å²) in [4.78, 5) is 5.64. The highest BCUT2D eigenvalue weighted by Gasteiger charge is 2.12. The van der Waals surface area contributed by atoms with E-state index in [1.165, 1.54) is 11.3 Å². The van der Waals surface area contributed by atoms with Gasteiger partial charge in [-0.3, -0.25) is 0 Å². The maximum atomic E-state index is 4.27. The maximum absolute atomic E-state index is 4.27. The SMILES string of the molecule is C=CCCCC(NC)c1scnc1C. The summed E-state index contributed by atoms with van der Waals surface area (Å²) >= 11 is 1.74. The number of nitrogens with zero attached hydrogens (tertiary/aromatic N) is 1. The van der Waals surface area contributed by atoms with Crippen molar-refractivity contribution < 1.29 is 0 Å². The number of aryl methyl sites for hydroxylation is 1. The summed E-state index contributed by atoms with van der Waals surface area (Å²) in [6.07, 6.45) is 5.42. The molecule has 1 atom stereocenters. The highest BCUT2D eigenvalue weighted by Crippen LogP contribution is 2.25. The van der Waals surface area contributed by atoms with Gasteiger partial charge in [-0.25, -0.2) is 4.98 Å². The molecule has 0 spiro atoms. The van der Waals surface area contributed by atoms with E-state index in [9.17, 15) is 0 Å². The van der Waals surface area contributed by atoms with Gasteiger partial charge in [0.2, 0.25) is 0 Å². The summed E-state index contributed by atoms with van der Waals surface area (Å²) in [7, 11) is 2.01. The van der Waals surface area contributed by atoms with E-state index in [1.807, 2.05) is 18.6 Å². The van der Waals surface area contributed by atoms with Gasteiger partial charge in [0.1, 0.15) is 0 Å². The van der Waals surface area contributed by atoms with Crippen LogP contribution in [0.1, 0.15) is 35.9 Å². The quantitative estimate of drug-likeness (QED) is 0.576. The predicted molar refractivity (Wildman–Crippen MR) is 62.7 cm³/mol. The van der Waals surface area contributed by atoms with Gasteiger partial charge in [0.05, 0.1) is 11.2 Å². The molecule has 0 aromatic carbocycles. The van der Waals surface area contributed by atoms with Gasteiger partial charge in [-0.2, -0.15) is 0 Å². The Morgan fingerprint density at radius 3 is 3.00 bits per heavy atom. The number of hydrogen-bond acceptors (Lipinski definition) is 3. The molecule has 78 valence electrons. The molecule has 1 rings (SSSR count). The van der Waals surface area contributed by atoms with Crippen LogP contribution in [0.5, 0.6) is 0 Å². The molecule has 0 aliphatic heterocycles. The summed E-state index contributed by atoms with van der Waals surface area (Å²) in [5, 5.41) is 3.34. The van der Waals surface area contributed by atoms with E-state index in [2.05, 4.69) is 23.8 Å². The van der Waals surface area contributed by atoms with E-state index in [4.69, 9.17) is 0 Å². The zero-order valence-corrected chi connectivity index (χ0v) is 9.73. The first kappa shape index (κ1) is 11.4. The predicted octanol–water partition coefficient (Wildman–Crippen LogP) is 3.07. The van der Waals surface area contributed by atoms with E-state index >= 15 is 0 Å². The number of allylic oxidation sites excluding steroid dienone is 1. The molecule has 0 amide bonds. The molecule has 0 saturated carbocycles. The van der Waals surface area contributed by atoms with Crippen LogP contribution in [-0.2, 0) is 0 Å². The molecule has 1 aromatic heterocycles. The van der Waals surface area contributed by atoms with E-state index < -0.39 is 0 Å². The summed E-state index contributed by atoms with van der Waals surface area (Å²) in [5.74, 6) is 0. The molecule has 0 aliphatic carbocycles. The largest absolute Gasteiger partial charge is 0.312 e. The molecule has 0 bridgehead atoms. The Labute approximate surface area is 90.1 Å². The van der Waals surface area contributed by atoms with Gasteiger partial charge in [-0.15, -0.1) is 17.9 Å². The van der Waals surface area contributed by atoms with Crippen LogP contribution in [0.2, 0.25) is 0 Å². The number of rotatable bonds is 6. The number of nitrogens with one attached hydrogen (secondary N) is 1. The third-order valence-corrected chi connectivity index (χ3v) is 3.39. The minimum atomic E-state index is 0.461. The van der Waals surface area contributed by atoms with Gasteiger partial charge in [0.15, 0.2) is 0 Å². The monoisotopic (exact) mass is 210 g/mol. The second-order valence-electron chi connectivity index (χ2n) is 3.36. The molecule has 0 radical (unpaired) electrons. The third kappa shape index (κ3) is 2.93. The number of unbranched alkanes of at least 4 members (excludes halogenated alkanes) is 1. The Bertz CT molecular complexity index is 281. The van der Waals surface area contributed by atoms with Crippen molar-refractivity contribution in [1.82, 2.24) is 10.3 Å². The van der Waals surface area contributed by atoms with Crippen LogP contribution >= 0.6 is 11.3 Å². The molecule has 1 heterocycles. The lowest BCUT2D eigenvalue weighted by Crippen LogP contribution is -2.15. The van der Waals surface area contributed by atoms with Crippen molar-refractivity contribution in [2.45, 2.75) is 32.2 Å². The fourth-order valence-electron chi connectivity index (χ4n) is 1.52. The van der Waals surface area contributed by atoms with Crippen molar-refractivity contribution in [1.29, 1.82) is 0 Å². The second kappa shape index (κ2) is 5.94. The first-order valence-corrected chi connectivity index (χ1v) is 5.85. The second-order valence-corrected chi connectivity index (χ2v) is 4.25. The first-order chi connectivity index (χ1) is 6.79. The van der Waals surface area contributed by atoms with E-state index in [0.717, 1.165) is 18.5 Å². The first-order valence-electron chi connectivity index (χ1n) is 4.97. The van der Waals surface area contributed by atoms with Gasteiger partial charge in [-0.05, 0) is 33.2 Å². The number of aromatic nitrogens is 1. The molecule has 0 saturated heterocycles. The lowest BCUT2D eigenvalue weighted by Gasteiger charge is -2.14. The van der Waals surface area contributed by atoms with E-state index in [-0.39, 0.29) is 0 Å². The molecule has 2 nitrogen and oxygen atoms in total. The van der Waals surface area contributed by atoms with Crippen molar-refractivity contribution in [3.05, 3.63) is 28.7 Å². The van der Waals surface area contributed by atoms with Gasteiger partial charge in [-0.1, -0.05) is 6.08 Å². The normalized spacial score (nSPS) is 12.7. The van der Waals surface area contributed by atoms with Crippen molar-refractivity contribution in [2.75, 3.05) is 7.05 Å². The Morgan fingerprint density at radius 1 is 1.71 bits per heavy atom. The Hall–Kier alpha value is -0.670. The Balaban J connectivity index is 2.54. The van der Waals surface area contributed by atoms with Crippen LogP contribution in [0, 0.1) is 6.92 Å². The fourth-order valence-corrected chi connectivity index (χ4v) is 2.47. The Kier molecular flexibility index (Phi) is 4.84. The molecule has 1 N–H and O–H groups in total. The van der Waals surface area contributed by atoms with Gasteiger partial charge >= 0.3 is 0 Å². The molecular weight excluding hydrogens is 192 g/mol. The summed E-state index contributed by atoms with van der Waals surface area (Å²) in [6, 6.07) is 0.461. The lowest BCUT2D eigenvalue weighted by atomic mass is 10.1. The van der Waals surface area contributed by atoms with Gasteiger partial charge in [0.25, 0.3) is 0 Å². The van der Waals surface area contributed by atoms with Crippen molar-refractivity contribution >= 4 is 11.3 Å². The topological polar surface area (TPSA) is 24.9 Å². The van der Waals surface area contributed by atoms with Crippen LogP contribution in [0.15, 0.2) is 18.2 Å². The van der Waals surface area contributed by atoms with E-state index in [0.29, 0.717) is 6.04 Å². The third-order valence-electron chi connectivity index (χ3n) is 2.35. The van der Waals surface area contributed by atoms with Crippen LogP contribution in [0.4, 0.5) is 0 Å². The lowest BCUT2D eigenvalue weighted by molar-refractivity contribution is 0.535. The summed E-state index contributed by atoms with van der Waals surface area (Å²) < 4.78 is 0.